The highest BCUT2D eigenvalue weighted by Crippen LogP contribution is 2.18. The Hall–Kier alpha value is -1.43. The molecule has 3 rings (SSSR count). The third kappa shape index (κ3) is 5.80. The van der Waals surface area contributed by atoms with Crippen LogP contribution in [0.15, 0.2) is 30.3 Å². The van der Waals surface area contributed by atoms with E-state index in [0.717, 1.165) is 51.1 Å². The molecule has 1 saturated heterocycles. The Kier molecular flexibility index (Phi) is 6.84. The summed E-state index contributed by atoms with van der Waals surface area (Å²) in [6, 6.07) is 10.3. The first-order valence-corrected chi connectivity index (χ1v) is 9.68. The molecule has 25 heavy (non-hydrogen) atoms. The van der Waals surface area contributed by atoms with Crippen molar-refractivity contribution in [3.05, 3.63) is 35.9 Å². The number of piperazine rings is 1. The van der Waals surface area contributed by atoms with Crippen molar-refractivity contribution in [3.63, 3.8) is 0 Å². The van der Waals surface area contributed by atoms with Crippen LogP contribution in [0.25, 0.3) is 0 Å². The van der Waals surface area contributed by atoms with Crippen LogP contribution >= 0.6 is 0 Å². The molecule has 1 aromatic rings. The van der Waals surface area contributed by atoms with Gasteiger partial charge in [0.1, 0.15) is 0 Å². The number of amides is 1. The third-order valence-electron chi connectivity index (χ3n) is 5.46. The second-order valence-corrected chi connectivity index (χ2v) is 7.37. The van der Waals surface area contributed by atoms with E-state index in [0.29, 0.717) is 19.0 Å². The Morgan fingerprint density at radius 2 is 1.72 bits per heavy atom. The van der Waals surface area contributed by atoms with E-state index in [4.69, 9.17) is 0 Å². The van der Waals surface area contributed by atoms with Gasteiger partial charge < -0.3 is 15.3 Å². The maximum Gasteiger partial charge on any atom is 0.221 e. The van der Waals surface area contributed by atoms with Crippen LogP contribution in [0.2, 0.25) is 0 Å². The zero-order valence-electron chi connectivity index (χ0n) is 15.1. The van der Waals surface area contributed by atoms with Crippen LogP contribution in [0, 0.1) is 0 Å². The molecule has 1 heterocycles. The smallest absolute Gasteiger partial charge is 0.221 e. The largest absolute Gasteiger partial charge is 0.387 e. The first-order valence-electron chi connectivity index (χ1n) is 9.68. The highest BCUT2D eigenvalue weighted by Gasteiger charge is 2.21. The number of β-amino-alcohol motifs (C(OH)–C–C–N with tert-alkyl or cyclic N) is 1. The average Bonchev–Trinajstić information content (AvgIpc) is 3.15. The van der Waals surface area contributed by atoms with Gasteiger partial charge in [-0.15, -0.1) is 0 Å². The van der Waals surface area contributed by atoms with Gasteiger partial charge in [0.05, 0.1) is 6.10 Å². The average molecular weight is 345 g/mol. The number of hydrogen-bond donors (Lipinski definition) is 2. The zero-order chi connectivity index (χ0) is 17.5. The molecule has 1 atom stereocenters. The fraction of sp³-hybridized carbons (Fsp3) is 0.650. The minimum absolute atomic E-state index is 0.203. The van der Waals surface area contributed by atoms with Crippen molar-refractivity contribution in [1.29, 1.82) is 0 Å². The predicted molar refractivity (Wildman–Crippen MR) is 99.3 cm³/mol. The maximum atomic E-state index is 12.0. The van der Waals surface area contributed by atoms with Gasteiger partial charge in [-0.1, -0.05) is 43.2 Å². The van der Waals surface area contributed by atoms with Gasteiger partial charge in [0.25, 0.3) is 0 Å². The van der Waals surface area contributed by atoms with E-state index < -0.39 is 6.10 Å². The number of benzene rings is 1. The van der Waals surface area contributed by atoms with Crippen LogP contribution in [-0.2, 0) is 4.79 Å². The lowest BCUT2D eigenvalue weighted by atomic mass is 10.1. The molecule has 0 aromatic heterocycles. The summed E-state index contributed by atoms with van der Waals surface area (Å²) in [5.74, 6) is 0.203. The topological polar surface area (TPSA) is 55.8 Å². The fourth-order valence-corrected chi connectivity index (χ4v) is 3.85. The van der Waals surface area contributed by atoms with Gasteiger partial charge in [-0.25, -0.2) is 0 Å². The van der Waals surface area contributed by atoms with E-state index in [2.05, 4.69) is 15.1 Å². The predicted octanol–water partition coefficient (Wildman–Crippen LogP) is 1.79. The summed E-state index contributed by atoms with van der Waals surface area (Å²) in [6.07, 6.45) is 4.97. The Balaban J connectivity index is 1.32. The van der Waals surface area contributed by atoms with Gasteiger partial charge in [-0.2, -0.15) is 0 Å². The van der Waals surface area contributed by atoms with E-state index in [1.165, 1.54) is 12.8 Å². The lowest BCUT2D eigenvalue weighted by Gasteiger charge is -2.35. The highest BCUT2D eigenvalue weighted by atomic mass is 16.3. The van der Waals surface area contributed by atoms with Crippen LogP contribution in [0.3, 0.4) is 0 Å². The third-order valence-corrected chi connectivity index (χ3v) is 5.46. The van der Waals surface area contributed by atoms with Crippen LogP contribution in [0.4, 0.5) is 0 Å². The summed E-state index contributed by atoms with van der Waals surface area (Å²) in [6.45, 7) is 5.37. The van der Waals surface area contributed by atoms with Gasteiger partial charge in [-0.05, 0) is 18.4 Å². The number of nitrogens with one attached hydrogen (secondary N) is 1. The minimum atomic E-state index is -0.426. The number of carbonyl (C=O) groups is 1. The van der Waals surface area contributed by atoms with Crippen molar-refractivity contribution < 1.29 is 9.90 Å². The maximum absolute atomic E-state index is 12.0. The number of aliphatic hydroxyl groups is 1. The van der Waals surface area contributed by atoms with Crippen LogP contribution in [0.1, 0.15) is 43.8 Å². The molecule has 0 bridgehead atoms. The normalized spacial score (nSPS) is 21.3. The van der Waals surface area contributed by atoms with E-state index in [-0.39, 0.29) is 5.91 Å². The number of carbonyl (C=O) groups excluding carboxylic acids is 1. The zero-order valence-corrected chi connectivity index (χ0v) is 15.1. The van der Waals surface area contributed by atoms with E-state index in [9.17, 15) is 9.90 Å². The quantitative estimate of drug-likeness (QED) is 0.791. The van der Waals surface area contributed by atoms with E-state index in [1.54, 1.807) is 0 Å². The highest BCUT2D eigenvalue weighted by molar-refractivity contribution is 5.76. The first kappa shape index (κ1) is 18.4. The number of hydrogen-bond acceptors (Lipinski definition) is 4. The van der Waals surface area contributed by atoms with Crippen molar-refractivity contribution in [2.45, 2.75) is 44.2 Å². The SMILES string of the molecule is O=C(CCN1CCN(C[C@@H](O)c2ccccc2)CC1)NC1CCCC1. The Bertz CT molecular complexity index is 523. The minimum Gasteiger partial charge on any atom is -0.387 e. The Morgan fingerprint density at radius 3 is 2.40 bits per heavy atom. The van der Waals surface area contributed by atoms with Crippen molar-refractivity contribution in [1.82, 2.24) is 15.1 Å². The Labute approximate surface area is 151 Å². The Morgan fingerprint density at radius 1 is 1.08 bits per heavy atom. The molecule has 1 aliphatic carbocycles. The van der Waals surface area contributed by atoms with Crippen molar-refractivity contribution in [3.8, 4) is 0 Å². The summed E-state index contributed by atoms with van der Waals surface area (Å²) in [5.41, 5.74) is 0.980. The number of aliphatic hydroxyl groups excluding tert-OH is 1. The van der Waals surface area contributed by atoms with Crippen molar-refractivity contribution in [2.24, 2.45) is 0 Å². The van der Waals surface area contributed by atoms with E-state index >= 15 is 0 Å². The first-order chi connectivity index (χ1) is 12.2. The summed E-state index contributed by atoms with van der Waals surface area (Å²) in [4.78, 5) is 16.7. The van der Waals surface area contributed by atoms with Gasteiger partial charge in [-0.3, -0.25) is 9.69 Å². The molecule has 0 spiro atoms. The molecular weight excluding hydrogens is 314 g/mol. The van der Waals surface area contributed by atoms with Gasteiger partial charge in [0.15, 0.2) is 0 Å². The lowest BCUT2D eigenvalue weighted by molar-refractivity contribution is -0.122. The molecule has 5 nitrogen and oxygen atoms in total. The molecular formula is C20H31N3O2. The van der Waals surface area contributed by atoms with Crippen LogP contribution < -0.4 is 5.32 Å². The molecule has 1 amide bonds. The summed E-state index contributed by atoms with van der Waals surface area (Å²) in [5, 5.41) is 13.5. The molecule has 0 unspecified atom stereocenters. The van der Waals surface area contributed by atoms with Gasteiger partial charge in [0.2, 0.25) is 5.91 Å². The fourth-order valence-electron chi connectivity index (χ4n) is 3.85. The summed E-state index contributed by atoms with van der Waals surface area (Å²) in [7, 11) is 0. The standard InChI is InChI=1S/C20H31N3O2/c24-19(17-6-2-1-3-7-17)16-23-14-12-22(13-15-23)11-10-20(25)21-18-8-4-5-9-18/h1-3,6-7,18-19,24H,4-5,8-16H2,(H,21,25)/t19-/m1/s1. The molecule has 0 radical (unpaired) electrons. The number of rotatable bonds is 7. The van der Waals surface area contributed by atoms with Gasteiger partial charge >= 0.3 is 0 Å². The van der Waals surface area contributed by atoms with Crippen molar-refractivity contribution in [2.75, 3.05) is 39.3 Å². The molecule has 2 aliphatic rings. The summed E-state index contributed by atoms with van der Waals surface area (Å²) < 4.78 is 0. The molecule has 1 aromatic carbocycles. The molecule has 1 saturated carbocycles. The molecule has 138 valence electrons. The summed E-state index contributed by atoms with van der Waals surface area (Å²) >= 11 is 0. The molecule has 2 fully saturated rings. The molecule has 5 heteroatoms. The second kappa shape index (κ2) is 9.32. The van der Waals surface area contributed by atoms with E-state index in [1.807, 2.05) is 30.3 Å². The van der Waals surface area contributed by atoms with Crippen molar-refractivity contribution >= 4 is 5.91 Å². The van der Waals surface area contributed by atoms with Crippen LogP contribution in [0.5, 0.6) is 0 Å². The molecule has 1 aliphatic heterocycles. The van der Waals surface area contributed by atoms with Crippen LogP contribution in [-0.4, -0.2) is 66.1 Å². The second-order valence-electron chi connectivity index (χ2n) is 7.37. The van der Waals surface area contributed by atoms with Gasteiger partial charge in [0, 0.05) is 51.7 Å². The lowest BCUT2D eigenvalue weighted by Crippen LogP contribution is -2.48. The molecule has 2 N–H and O–H groups in total. The number of nitrogens with zero attached hydrogens (tertiary/aromatic N) is 2. The monoisotopic (exact) mass is 345 g/mol.